The van der Waals surface area contributed by atoms with Crippen LogP contribution in [0.4, 0.5) is 0 Å². The highest BCUT2D eigenvalue weighted by molar-refractivity contribution is 5.87. The summed E-state index contributed by atoms with van der Waals surface area (Å²) in [6.07, 6.45) is 0.534. The van der Waals surface area contributed by atoms with Crippen LogP contribution >= 0.6 is 0 Å². The molecule has 0 bridgehead atoms. The normalized spacial score (nSPS) is 12.5. The molecule has 0 aliphatic heterocycles. The fourth-order valence-electron chi connectivity index (χ4n) is 3.11. The molecular formula is C19H19NO. The summed E-state index contributed by atoms with van der Waals surface area (Å²) in [5.74, 6) is 0.327. The summed E-state index contributed by atoms with van der Waals surface area (Å²) in [6.45, 7) is 3.76. The number of Topliss-reactive ketones (excluding diaryl/α,β-unsaturated/α-hetero) is 1. The van der Waals surface area contributed by atoms with Crippen LogP contribution in [0.5, 0.6) is 0 Å². The molecule has 3 aromatic rings. The molecule has 3 rings (SSSR count). The van der Waals surface area contributed by atoms with Gasteiger partial charge in [-0.2, -0.15) is 0 Å². The summed E-state index contributed by atoms with van der Waals surface area (Å²) in [4.78, 5) is 15.2. The third kappa shape index (κ3) is 2.62. The molecule has 2 heteroatoms. The van der Waals surface area contributed by atoms with E-state index in [0.717, 1.165) is 11.2 Å². The Morgan fingerprint density at radius 3 is 2.43 bits per heavy atom. The standard InChI is InChI=1S/C19H19NO/c1-13(21)12-17(15-8-4-3-5-9-15)19-14(2)20-18-11-7-6-10-16(18)19/h3-11,17,20H,12H2,1-2H3/t17-/m1/s1. The largest absolute Gasteiger partial charge is 0.358 e. The molecular weight excluding hydrogens is 258 g/mol. The molecule has 2 aromatic carbocycles. The lowest BCUT2D eigenvalue weighted by molar-refractivity contribution is -0.117. The van der Waals surface area contributed by atoms with E-state index in [-0.39, 0.29) is 11.7 Å². The fraction of sp³-hybridized carbons (Fsp3) is 0.211. The third-order valence-electron chi connectivity index (χ3n) is 3.99. The van der Waals surface area contributed by atoms with E-state index >= 15 is 0 Å². The summed E-state index contributed by atoms with van der Waals surface area (Å²) in [6, 6.07) is 18.6. The molecule has 21 heavy (non-hydrogen) atoms. The highest BCUT2D eigenvalue weighted by Crippen LogP contribution is 2.35. The minimum absolute atomic E-state index is 0.111. The van der Waals surface area contributed by atoms with Gasteiger partial charge in [0.15, 0.2) is 0 Å². The first kappa shape index (κ1) is 13.6. The topological polar surface area (TPSA) is 32.9 Å². The van der Waals surface area contributed by atoms with Crippen molar-refractivity contribution in [3.63, 3.8) is 0 Å². The minimum atomic E-state index is 0.111. The van der Waals surface area contributed by atoms with Crippen LogP contribution in [-0.2, 0) is 4.79 Å². The maximum Gasteiger partial charge on any atom is 0.130 e. The second-order valence-electron chi connectivity index (χ2n) is 5.58. The molecule has 0 aliphatic rings. The van der Waals surface area contributed by atoms with Crippen molar-refractivity contribution in [2.75, 3.05) is 0 Å². The molecule has 1 heterocycles. The van der Waals surface area contributed by atoms with Crippen molar-refractivity contribution in [3.8, 4) is 0 Å². The Kier molecular flexibility index (Phi) is 3.61. The number of hydrogen-bond donors (Lipinski definition) is 1. The van der Waals surface area contributed by atoms with E-state index in [0.29, 0.717) is 6.42 Å². The quantitative estimate of drug-likeness (QED) is 0.743. The van der Waals surface area contributed by atoms with Gasteiger partial charge in [0.2, 0.25) is 0 Å². The third-order valence-corrected chi connectivity index (χ3v) is 3.99. The van der Waals surface area contributed by atoms with E-state index in [9.17, 15) is 4.79 Å². The van der Waals surface area contributed by atoms with Crippen molar-refractivity contribution in [2.45, 2.75) is 26.2 Å². The van der Waals surface area contributed by atoms with Gasteiger partial charge in [0.05, 0.1) is 0 Å². The van der Waals surface area contributed by atoms with Gasteiger partial charge in [-0.25, -0.2) is 0 Å². The summed E-state index contributed by atoms with van der Waals surface area (Å²) in [7, 11) is 0. The molecule has 1 aromatic heterocycles. The Balaban J connectivity index is 2.19. The summed E-state index contributed by atoms with van der Waals surface area (Å²) >= 11 is 0. The number of H-pyrrole nitrogens is 1. The molecule has 0 fully saturated rings. The second-order valence-corrected chi connectivity index (χ2v) is 5.58. The maximum atomic E-state index is 11.8. The zero-order valence-electron chi connectivity index (χ0n) is 12.4. The minimum Gasteiger partial charge on any atom is -0.358 e. The van der Waals surface area contributed by atoms with Gasteiger partial charge >= 0.3 is 0 Å². The number of aryl methyl sites for hydroxylation is 1. The Labute approximate surface area is 124 Å². The van der Waals surface area contributed by atoms with Crippen molar-refractivity contribution in [1.29, 1.82) is 0 Å². The Bertz CT molecular complexity index is 771. The van der Waals surface area contributed by atoms with Gasteiger partial charge in [0, 0.05) is 28.9 Å². The van der Waals surface area contributed by atoms with Gasteiger partial charge in [-0.05, 0) is 31.0 Å². The molecule has 0 saturated heterocycles. The van der Waals surface area contributed by atoms with E-state index in [1.165, 1.54) is 16.5 Å². The van der Waals surface area contributed by atoms with Gasteiger partial charge in [-0.15, -0.1) is 0 Å². The number of para-hydroxylation sites is 1. The van der Waals surface area contributed by atoms with Crippen LogP contribution in [0.15, 0.2) is 54.6 Å². The van der Waals surface area contributed by atoms with E-state index in [1.54, 1.807) is 6.92 Å². The van der Waals surface area contributed by atoms with Crippen LogP contribution in [0.1, 0.15) is 36.1 Å². The summed E-state index contributed by atoms with van der Waals surface area (Å²) < 4.78 is 0. The van der Waals surface area contributed by atoms with Gasteiger partial charge in [0.1, 0.15) is 5.78 Å². The Morgan fingerprint density at radius 1 is 1.05 bits per heavy atom. The van der Waals surface area contributed by atoms with Crippen molar-refractivity contribution in [3.05, 3.63) is 71.4 Å². The maximum absolute atomic E-state index is 11.8. The number of carbonyl (C=O) groups is 1. The Hall–Kier alpha value is -2.35. The number of aromatic amines is 1. The second kappa shape index (κ2) is 5.57. The van der Waals surface area contributed by atoms with Crippen molar-refractivity contribution < 1.29 is 4.79 Å². The number of benzene rings is 2. The van der Waals surface area contributed by atoms with Crippen LogP contribution in [0.2, 0.25) is 0 Å². The van der Waals surface area contributed by atoms with Crippen LogP contribution in [0.3, 0.4) is 0 Å². The number of fused-ring (bicyclic) bond motifs is 1. The molecule has 0 amide bonds. The smallest absolute Gasteiger partial charge is 0.130 e. The lowest BCUT2D eigenvalue weighted by Crippen LogP contribution is -2.07. The molecule has 1 N–H and O–H groups in total. The first-order valence-corrected chi connectivity index (χ1v) is 7.28. The molecule has 0 radical (unpaired) electrons. The van der Waals surface area contributed by atoms with Gasteiger partial charge < -0.3 is 4.98 Å². The molecule has 0 saturated carbocycles. The van der Waals surface area contributed by atoms with Gasteiger partial charge in [0.25, 0.3) is 0 Å². The first-order valence-electron chi connectivity index (χ1n) is 7.28. The molecule has 2 nitrogen and oxygen atoms in total. The fourth-order valence-corrected chi connectivity index (χ4v) is 3.11. The number of nitrogens with one attached hydrogen (secondary N) is 1. The molecule has 0 aliphatic carbocycles. The first-order chi connectivity index (χ1) is 10.2. The SMILES string of the molecule is CC(=O)C[C@H](c1ccccc1)c1c(C)[nH]c2ccccc12. The summed E-state index contributed by atoms with van der Waals surface area (Å²) in [5.41, 5.74) is 4.72. The molecule has 0 spiro atoms. The summed E-state index contributed by atoms with van der Waals surface area (Å²) in [5, 5.41) is 1.21. The Morgan fingerprint density at radius 2 is 1.71 bits per heavy atom. The molecule has 106 valence electrons. The van der Waals surface area contributed by atoms with Gasteiger partial charge in [-0.1, -0.05) is 48.5 Å². The number of aromatic nitrogens is 1. The number of rotatable bonds is 4. The van der Waals surface area contributed by atoms with Crippen LogP contribution in [-0.4, -0.2) is 10.8 Å². The lowest BCUT2D eigenvalue weighted by Gasteiger charge is -2.17. The average Bonchev–Trinajstić information content (AvgIpc) is 2.81. The predicted octanol–water partition coefficient (Wildman–Crippen LogP) is 4.59. The van der Waals surface area contributed by atoms with Crippen molar-refractivity contribution >= 4 is 16.7 Å². The number of ketones is 1. The highest BCUT2D eigenvalue weighted by atomic mass is 16.1. The van der Waals surface area contributed by atoms with E-state index in [4.69, 9.17) is 0 Å². The molecule has 0 unspecified atom stereocenters. The van der Waals surface area contributed by atoms with Gasteiger partial charge in [-0.3, -0.25) is 4.79 Å². The van der Waals surface area contributed by atoms with Crippen LogP contribution < -0.4 is 0 Å². The monoisotopic (exact) mass is 277 g/mol. The highest BCUT2D eigenvalue weighted by Gasteiger charge is 2.21. The zero-order valence-corrected chi connectivity index (χ0v) is 12.4. The molecule has 1 atom stereocenters. The van der Waals surface area contributed by atoms with E-state index in [2.05, 4.69) is 42.2 Å². The van der Waals surface area contributed by atoms with Crippen molar-refractivity contribution in [2.24, 2.45) is 0 Å². The average molecular weight is 277 g/mol. The lowest BCUT2D eigenvalue weighted by atomic mass is 9.85. The van der Waals surface area contributed by atoms with Crippen LogP contribution in [0, 0.1) is 6.92 Å². The predicted molar refractivity (Wildman–Crippen MR) is 86.6 cm³/mol. The van der Waals surface area contributed by atoms with E-state index < -0.39 is 0 Å². The number of hydrogen-bond acceptors (Lipinski definition) is 1. The van der Waals surface area contributed by atoms with Crippen molar-refractivity contribution in [1.82, 2.24) is 4.98 Å². The van der Waals surface area contributed by atoms with Crippen LogP contribution in [0.25, 0.3) is 10.9 Å². The zero-order chi connectivity index (χ0) is 14.8. The van der Waals surface area contributed by atoms with E-state index in [1.807, 2.05) is 24.3 Å². The number of carbonyl (C=O) groups excluding carboxylic acids is 1.